The molecule has 2 atom stereocenters. The van der Waals surface area contributed by atoms with E-state index in [9.17, 15) is 5.11 Å². The van der Waals surface area contributed by atoms with Crippen LogP contribution in [-0.2, 0) is 0 Å². The summed E-state index contributed by atoms with van der Waals surface area (Å²) in [6.07, 6.45) is 0.248. The van der Waals surface area contributed by atoms with Gasteiger partial charge in [-0.2, -0.15) is 0 Å². The van der Waals surface area contributed by atoms with Crippen LogP contribution in [0.15, 0.2) is 30.3 Å². The second-order valence-electron chi connectivity index (χ2n) is 3.37. The molecule has 0 bridgehead atoms. The summed E-state index contributed by atoms with van der Waals surface area (Å²) in [5, 5.41) is 18.3. The van der Waals surface area contributed by atoms with Crippen molar-refractivity contribution in [3.05, 3.63) is 35.9 Å². The van der Waals surface area contributed by atoms with Crippen LogP contribution in [0.5, 0.6) is 0 Å². The third kappa shape index (κ3) is 3.17. The normalized spacial score (nSPS) is 15.3. The standard InChI is InChI=1S/C11H16O2/c1-9(13)7-11(8-12)10-5-3-2-4-6-10/h2-6,9,11-13H,7-8H2,1H3. The number of aliphatic hydroxyl groups excluding tert-OH is 2. The van der Waals surface area contributed by atoms with E-state index in [0.717, 1.165) is 5.56 Å². The minimum Gasteiger partial charge on any atom is -0.396 e. The van der Waals surface area contributed by atoms with Gasteiger partial charge in [-0.3, -0.25) is 0 Å². The Hall–Kier alpha value is -0.860. The van der Waals surface area contributed by atoms with Crippen molar-refractivity contribution < 1.29 is 10.2 Å². The average molecular weight is 180 g/mol. The van der Waals surface area contributed by atoms with Crippen molar-refractivity contribution in [2.75, 3.05) is 6.61 Å². The van der Waals surface area contributed by atoms with Crippen LogP contribution in [0.4, 0.5) is 0 Å². The maximum absolute atomic E-state index is 9.20. The van der Waals surface area contributed by atoms with Gasteiger partial charge >= 0.3 is 0 Å². The van der Waals surface area contributed by atoms with Crippen molar-refractivity contribution in [3.63, 3.8) is 0 Å². The topological polar surface area (TPSA) is 40.5 Å². The van der Waals surface area contributed by atoms with Gasteiger partial charge in [-0.05, 0) is 18.9 Å². The number of hydrogen-bond acceptors (Lipinski definition) is 2. The summed E-state index contributed by atoms with van der Waals surface area (Å²) in [7, 11) is 0. The highest BCUT2D eigenvalue weighted by molar-refractivity contribution is 5.19. The van der Waals surface area contributed by atoms with Gasteiger partial charge in [-0.1, -0.05) is 30.3 Å². The summed E-state index contributed by atoms with van der Waals surface area (Å²) in [6, 6.07) is 9.78. The third-order valence-corrected chi connectivity index (χ3v) is 2.12. The van der Waals surface area contributed by atoms with Gasteiger partial charge < -0.3 is 10.2 Å². The van der Waals surface area contributed by atoms with E-state index in [-0.39, 0.29) is 18.6 Å². The Kier molecular flexibility index (Phi) is 3.93. The Labute approximate surface area is 78.8 Å². The maximum atomic E-state index is 9.20. The van der Waals surface area contributed by atoms with Crippen LogP contribution in [0, 0.1) is 0 Å². The van der Waals surface area contributed by atoms with E-state index in [2.05, 4.69) is 0 Å². The van der Waals surface area contributed by atoms with Crippen molar-refractivity contribution in [3.8, 4) is 0 Å². The van der Waals surface area contributed by atoms with Gasteiger partial charge in [0.2, 0.25) is 0 Å². The molecule has 72 valence electrons. The molecule has 2 nitrogen and oxygen atoms in total. The highest BCUT2D eigenvalue weighted by atomic mass is 16.3. The number of hydrogen-bond donors (Lipinski definition) is 2. The molecule has 0 saturated carbocycles. The Morgan fingerprint density at radius 3 is 2.31 bits per heavy atom. The van der Waals surface area contributed by atoms with E-state index in [1.54, 1.807) is 6.92 Å². The van der Waals surface area contributed by atoms with Crippen LogP contribution in [0.3, 0.4) is 0 Å². The first-order chi connectivity index (χ1) is 6.24. The minimum absolute atomic E-state index is 0.0567. The van der Waals surface area contributed by atoms with Gasteiger partial charge in [-0.15, -0.1) is 0 Å². The molecule has 0 aliphatic carbocycles. The lowest BCUT2D eigenvalue weighted by molar-refractivity contribution is 0.153. The van der Waals surface area contributed by atoms with Crippen molar-refractivity contribution >= 4 is 0 Å². The number of rotatable bonds is 4. The first-order valence-corrected chi connectivity index (χ1v) is 4.58. The fraction of sp³-hybridized carbons (Fsp3) is 0.455. The lowest BCUT2D eigenvalue weighted by Gasteiger charge is -2.15. The van der Waals surface area contributed by atoms with E-state index >= 15 is 0 Å². The Morgan fingerprint density at radius 2 is 1.85 bits per heavy atom. The maximum Gasteiger partial charge on any atom is 0.0518 e. The monoisotopic (exact) mass is 180 g/mol. The molecule has 0 aliphatic rings. The fourth-order valence-corrected chi connectivity index (χ4v) is 1.45. The van der Waals surface area contributed by atoms with Gasteiger partial charge in [0.25, 0.3) is 0 Å². The molecule has 0 aromatic heterocycles. The third-order valence-electron chi connectivity index (χ3n) is 2.12. The second-order valence-corrected chi connectivity index (χ2v) is 3.37. The minimum atomic E-state index is -0.364. The van der Waals surface area contributed by atoms with Crippen LogP contribution < -0.4 is 0 Å². The van der Waals surface area contributed by atoms with Gasteiger partial charge in [0.05, 0.1) is 12.7 Å². The van der Waals surface area contributed by atoms with Crippen molar-refractivity contribution in [2.45, 2.75) is 25.4 Å². The number of aliphatic hydroxyl groups is 2. The van der Waals surface area contributed by atoms with E-state index in [0.29, 0.717) is 6.42 Å². The molecular formula is C11H16O2. The molecule has 1 aromatic rings. The van der Waals surface area contributed by atoms with Crippen molar-refractivity contribution in [2.24, 2.45) is 0 Å². The molecule has 0 radical (unpaired) electrons. The Bertz CT molecular complexity index is 231. The zero-order valence-corrected chi connectivity index (χ0v) is 7.85. The quantitative estimate of drug-likeness (QED) is 0.737. The summed E-state index contributed by atoms with van der Waals surface area (Å²) in [5.41, 5.74) is 1.09. The first-order valence-electron chi connectivity index (χ1n) is 4.58. The fourth-order valence-electron chi connectivity index (χ4n) is 1.45. The summed E-state index contributed by atoms with van der Waals surface area (Å²) in [4.78, 5) is 0. The highest BCUT2D eigenvalue weighted by Gasteiger charge is 2.12. The molecule has 0 aliphatic heterocycles. The molecule has 1 aromatic carbocycles. The van der Waals surface area contributed by atoms with Crippen LogP contribution in [-0.4, -0.2) is 22.9 Å². The van der Waals surface area contributed by atoms with Crippen LogP contribution >= 0.6 is 0 Å². The molecule has 2 heteroatoms. The molecule has 0 saturated heterocycles. The van der Waals surface area contributed by atoms with Crippen molar-refractivity contribution in [1.82, 2.24) is 0 Å². The van der Waals surface area contributed by atoms with Crippen LogP contribution in [0.1, 0.15) is 24.8 Å². The summed E-state index contributed by atoms with van der Waals surface area (Å²) in [6.45, 7) is 1.83. The van der Waals surface area contributed by atoms with Gasteiger partial charge in [0.15, 0.2) is 0 Å². The van der Waals surface area contributed by atoms with Gasteiger partial charge in [-0.25, -0.2) is 0 Å². The summed E-state index contributed by atoms with van der Waals surface area (Å²) in [5.74, 6) is 0.0567. The molecule has 0 fully saturated rings. The number of benzene rings is 1. The van der Waals surface area contributed by atoms with Gasteiger partial charge in [0.1, 0.15) is 0 Å². The van der Waals surface area contributed by atoms with E-state index in [1.807, 2.05) is 30.3 Å². The first kappa shape index (κ1) is 10.2. The average Bonchev–Trinajstić information content (AvgIpc) is 2.15. The van der Waals surface area contributed by atoms with Crippen LogP contribution in [0.25, 0.3) is 0 Å². The molecule has 1 rings (SSSR count). The predicted octanol–water partition coefficient (Wildman–Crippen LogP) is 1.53. The Balaban J connectivity index is 2.67. The zero-order valence-electron chi connectivity index (χ0n) is 7.85. The molecular weight excluding hydrogens is 164 g/mol. The summed E-state index contributed by atoms with van der Waals surface area (Å²) < 4.78 is 0. The van der Waals surface area contributed by atoms with Gasteiger partial charge in [0, 0.05) is 5.92 Å². The Morgan fingerprint density at radius 1 is 1.23 bits per heavy atom. The molecule has 0 amide bonds. The van der Waals surface area contributed by atoms with E-state index in [4.69, 9.17) is 5.11 Å². The smallest absolute Gasteiger partial charge is 0.0518 e. The van der Waals surface area contributed by atoms with E-state index in [1.165, 1.54) is 0 Å². The largest absolute Gasteiger partial charge is 0.396 e. The molecule has 0 spiro atoms. The highest BCUT2D eigenvalue weighted by Crippen LogP contribution is 2.20. The molecule has 13 heavy (non-hydrogen) atoms. The lowest BCUT2D eigenvalue weighted by atomic mass is 9.94. The SMILES string of the molecule is CC(O)CC(CO)c1ccccc1. The van der Waals surface area contributed by atoms with Crippen LogP contribution in [0.2, 0.25) is 0 Å². The molecule has 2 unspecified atom stereocenters. The van der Waals surface area contributed by atoms with E-state index < -0.39 is 0 Å². The van der Waals surface area contributed by atoms with Crippen molar-refractivity contribution in [1.29, 1.82) is 0 Å². The predicted molar refractivity (Wildman–Crippen MR) is 52.6 cm³/mol. The lowest BCUT2D eigenvalue weighted by Crippen LogP contribution is -2.11. The zero-order chi connectivity index (χ0) is 9.68. The summed E-state index contributed by atoms with van der Waals surface area (Å²) >= 11 is 0. The second kappa shape index (κ2) is 5.00. The molecule has 2 N–H and O–H groups in total. The molecule has 0 heterocycles.